The van der Waals surface area contributed by atoms with E-state index in [4.69, 9.17) is 5.73 Å². The standard InChI is InChI=1S/C62H93N15O10/c1-5-7-9-10-11-12-13-14-18-30-54(79)65-32-23-33-67-56(81)40-71-70-39-55(80)66-31-22-21-29-50(60(85)75-51(57(63)82)35-45-37-68-48-28-20-19-26-47(45)48)74-61(86)52(34-44-24-16-15-17-25-44)77-62(87)53(36-46-38-64-41-69-46)76-58(83)42(3)72-59(84)49(27-8-6-2)73-43(4)78/h15-17,19-20,24-26,28,37-38,40-42,49-53,68,70H,5-14,18,21-23,27,29-36,39H2,1-4H3,(H2,63,82)(H,64,69)(H,65,79)(H,66,80)(H,67,81)(H,72,84)(H,73,78)(H,74,86)(H,75,85)(H,76,83)(H,77,87)/b71-40+/t42-,49-,50-,51-,52+,53-/m0/s1. The van der Waals surface area contributed by atoms with Crippen LogP contribution in [0.3, 0.4) is 0 Å². The van der Waals surface area contributed by atoms with Crippen LogP contribution in [-0.2, 0) is 67.2 Å². The summed E-state index contributed by atoms with van der Waals surface area (Å²) in [7, 11) is 0. The van der Waals surface area contributed by atoms with Crippen molar-refractivity contribution < 1.29 is 47.9 Å². The van der Waals surface area contributed by atoms with E-state index < -0.39 is 89.4 Å². The zero-order valence-corrected chi connectivity index (χ0v) is 51.0. The van der Waals surface area contributed by atoms with Gasteiger partial charge in [0.05, 0.1) is 6.33 Å². The zero-order chi connectivity index (χ0) is 63.2. The number of nitrogens with zero attached hydrogens (tertiary/aromatic N) is 2. The normalized spacial score (nSPS) is 13.2. The number of primary amides is 1. The van der Waals surface area contributed by atoms with Gasteiger partial charge in [0.25, 0.3) is 5.91 Å². The minimum absolute atomic E-state index is 0.000140. The minimum Gasteiger partial charge on any atom is -0.368 e. The first-order valence-electron chi connectivity index (χ1n) is 30.7. The maximum absolute atomic E-state index is 14.7. The van der Waals surface area contributed by atoms with Gasteiger partial charge in [-0.05, 0) is 62.6 Å². The number of carbonyl (C=O) groups is 10. The fraction of sp³-hybridized carbons (Fsp3) is 0.548. The number of fused-ring (bicyclic) bond motifs is 1. The van der Waals surface area contributed by atoms with Crippen LogP contribution >= 0.6 is 0 Å². The zero-order valence-electron chi connectivity index (χ0n) is 51.0. The third-order valence-corrected chi connectivity index (χ3v) is 14.4. The van der Waals surface area contributed by atoms with Crippen molar-refractivity contribution in [3.05, 3.63) is 90.1 Å². The number of hydrogen-bond acceptors (Lipinski definition) is 13. The summed E-state index contributed by atoms with van der Waals surface area (Å²) in [6, 6.07) is 8.97. The van der Waals surface area contributed by atoms with Crippen molar-refractivity contribution in [1.82, 2.24) is 68.2 Å². The highest BCUT2D eigenvalue weighted by atomic mass is 16.2. The smallest absolute Gasteiger partial charge is 0.264 e. The van der Waals surface area contributed by atoms with Crippen LogP contribution < -0.4 is 59.0 Å². The molecule has 2 aromatic carbocycles. The summed E-state index contributed by atoms with van der Waals surface area (Å²) in [5.41, 5.74) is 11.0. The first-order valence-corrected chi connectivity index (χ1v) is 30.7. The SMILES string of the molecule is CCCCCCCCCCCC(=O)NCCCNC(=O)/C=N/NCC(=O)NCCCC[C@H](NC(=O)[C@@H](Cc1ccccc1)NC(=O)[C@H](Cc1cnc[nH]1)NC(=O)[C@H](C)NC(=O)[C@H](CCCC)NC(C)=O)C(=O)N[C@@H](Cc1c[nH]c2ccccc12)C(N)=O. The summed E-state index contributed by atoms with van der Waals surface area (Å²) < 4.78 is 0. The molecule has 0 aliphatic heterocycles. The van der Waals surface area contributed by atoms with Crippen molar-refractivity contribution in [2.45, 2.75) is 192 Å². The molecule has 476 valence electrons. The summed E-state index contributed by atoms with van der Waals surface area (Å²) in [4.78, 5) is 143. The molecule has 0 aliphatic rings. The van der Waals surface area contributed by atoms with Crippen molar-refractivity contribution in [2.75, 3.05) is 26.2 Å². The van der Waals surface area contributed by atoms with Gasteiger partial charge in [-0.1, -0.05) is 127 Å². The largest absolute Gasteiger partial charge is 0.368 e. The van der Waals surface area contributed by atoms with Crippen LogP contribution in [0.15, 0.2) is 78.4 Å². The maximum Gasteiger partial charge on any atom is 0.264 e. The summed E-state index contributed by atoms with van der Waals surface area (Å²) in [5, 5.41) is 29.2. The van der Waals surface area contributed by atoms with Crippen molar-refractivity contribution in [3.8, 4) is 0 Å². The first kappa shape index (κ1) is 70.8. The lowest BCUT2D eigenvalue weighted by Gasteiger charge is -2.27. The lowest BCUT2D eigenvalue weighted by atomic mass is 10.0. The monoisotopic (exact) mass is 1210 g/mol. The fourth-order valence-corrected chi connectivity index (χ4v) is 9.56. The lowest BCUT2D eigenvalue weighted by Crippen LogP contribution is -2.60. The Bertz CT molecular complexity index is 2810. The van der Waals surface area contributed by atoms with Gasteiger partial charge in [-0.3, -0.25) is 47.9 Å². The van der Waals surface area contributed by atoms with E-state index in [1.165, 1.54) is 64.9 Å². The Balaban J connectivity index is 1.38. The third-order valence-electron chi connectivity index (χ3n) is 14.4. The molecule has 0 bridgehead atoms. The molecule has 0 aliphatic carbocycles. The van der Waals surface area contributed by atoms with E-state index in [1.807, 2.05) is 31.2 Å². The molecular formula is C62H93N15O10. The molecule has 0 saturated heterocycles. The van der Waals surface area contributed by atoms with E-state index in [0.717, 1.165) is 42.8 Å². The average molecular weight is 1210 g/mol. The molecule has 4 aromatic rings. The quantitative estimate of drug-likeness (QED) is 0.0173. The number of nitrogens with one attached hydrogen (secondary N) is 12. The summed E-state index contributed by atoms with van der Waals surface area (Å²) in [6.07, 6.45) is 19.4. The number of amides is 10. The van der Waals surface area contributed by atoms with Gasteiger partial charge in [0.15, 0.2) is 0 Å². The highest BCUT2D eigenvalue weighted by Gasteiger charge is 2.33. The van der Waals surface area contributed by atoms with Gasteiger partial charge in [-0.15, -0.1) is 0 Å². The summed E-state index contributed by atoms with van der Waals surface area (Å²) >= 11 is 0. The molecule has 0 radical (unpaired) electrons. The van der Waals surface area contributed by atoms with E-state index in [9.17, 15) is 47.9 Å². The minimum atomic E-state index is -1.35. The van der Waals surface area contributed by atoms with Crippen LogP contribution in [0.25, 0.3) is 10.9 Å². The van der Waals surface area contributed by atoms with Crippen molar-refractivity contribution in [2.24, 2.45) is 10.8 Å². The van der Waals surface area contributed by atoms with E-state index in [-0.39, 0.29) is 51.1 Å². The highest BCUT2D eigenvalue weighted by molar-refractivity contribution is 6.26. The predicted molar refractivity (Wildman–Crippen MR) is 332 cm³/mol. The van der Waals surface area contributed by atoms with E-state index in [0.29, 0.717) is 62.0 Å². The molecule has 0 fully saturated rings. The Morgan fingerprint density at radius 3 is 1.83 bits per heavy atom. The average Bonchev–Trinajstić information content (AvgIpc) is 3.07. The number of aromatic amines is 2. The molecule has 25 nitrogen and oxygen atoms in total. The van der Waals surface area contributed by atoms with Crippen LogP contribution in [0.5, 0.6) is 0 Å². The summed E-state index contributed by atoms with van der Waals surface area (Å²) in [6.45, 7) is 7.52. The number of para-hydroxylation sites is 1. The van der Waals surface area contributed by atoms with Crippen molar-refractivity contribution in [3.63, 3.8) is 0 Å². The lowest BCUT2D eigenvalue weighted by molar-refractivity contribution is -0.135. The number of unbranched alkanes of at least 4 members (excludes halogenated alkanes) is 10. The molecule has 10 amide bonds. The van der Waals surface area contributed by atoms with Crippen LogP contribution in [0.2, 0.25) is 0 Å². The molecule has 0 saturated carbocycles. The van der Waals surface area contributed by atoms with Crippen molar-refractivity contribution >= 4 is 76.2 Å². The predicted octanol–water partition coefficient (Wildman–Crippen LogP) is 2.95. The molecule has 4 rings (SSSR count). The Kier molecular flexibility index (Phi) is 33.1. The second kappa shape index (κ2) is 40.6. The topological polar surface area (TPSA) is 374 Å². The molecule has 0 unspecified atom stereocenters. The number of hydrazone groups is 1. The van der Waals surface area contributed by atoms with Gasteiger partial charge >= 0.3 is 0 Å². The maximum atomic E-state index is 14.7. The number of hydrogen-bond donors (Lipinski definition) is 13. The third kappa shape index (κ3) is 28.4. The van der Waals surface area contributed by atoms with Crippen molar-refractivity contribution in [1.29, 1.82) is 0 Å². The van der Waals surface area contributed by atoms with Gasteiger partial charge < -0.3 is 69.0 Å². The van der Waals surface area contributed by atoms with Crippen LogP contribution in [0.1, 0.15) is 154 Å². The number of benzene rings is 2. The Labute approximate surface area is 510 Å². The number of aromatic nitrogens is 3. The second-order valence-electron chi connectivity index (χ2n) is 21.8. The molecule has 0 spiro atoms. The molecule has 2 aromatic heterocycles. The van der Waals surface area contributed by atoms with Gasteiger partial charge in [0, 0.05) is 81.2 Å². The second-order valence-corrected chi connectivity index (χ2v) is 21.8. The number of imidazole rings is 1. The van der Waals surface area contributed by atoms with Gasteiger partial charge in [0.1, 0.15) is 49.0 Å². The number of rotatable bonds is 44. The van der Waals surface area contributed by atoms with Crippen LogP contribution in [-0.4, -0.2) is 143 Å². The Morgan fingerprint density at radius 2 is 1.14 bits per heavy atom. The van der Waals surface area contributed by atoms with Gasteiger partial charge in [-0.25, -0.2) is 4.98 Å². The first-order chi connectivity index (χ1) is 42.0. The van der Waals surface area contributed by atoms with Crippen LogP contribution in [0, 0.1) is 0 Å². The number of carbonyl (C=O) groups excluding carboxylic acids is 10. The Hall–Kier alpha value is -8.64. The van der Waals surface area contributed by atoms with Gasteiger partial charge in [0.2, 0.25) is 53.2 Å². The molecule has 6 atom stereocenters. The highest BCUT2D eigenvalue weighted by Crippen LogP contribution is 2.20. The molecule has 2 heterocycles. The number of H-pyrrole nitrogens is 2. The molecule has 25 heteroatoms. The van der Waals surface area contributed by atoms with Crippen LogP contribution in [0.4, 0.5) is 0 Å². The molecule has 14 N–H and O–H groups in total. The fourth-order valence-electron chi connectivity index (χ4n) is 9.56. The van der Waals surface area contributed by atoms with E-state index in [2.05, 4.69) is 80.3 Å². The van der Waals surface area contributed by atoms with Gasteiger partial charge in [-0.2, -0.15) is 5.10 Å². The van der Waals surface area contributed by atoms with E-state index in [1.54, 1.807) is 36.5 Å². The molecular weight excluding hydrogens is 1110 g/mol. The van der Waals surface area contributed by atoms with E-state index >= 15 is 0 Å². The molecule has 87 heavy (non-hydrogen) atoms. The summed E-state index contributed by atoms with van der Waals surface area (Å²) in [5.74, 6) is -5.77. The Morgan fingerprint density at radius 1 is 0.563 bits per heavy atom. The number of nitrogens with two attached hydrogens (primary N) is 1.